The number of allylic oxidation sites excluding steroid dienone is 1. The molecule has 6 fully saturated rings. The molecule has 12 nitrogen and oxygen atoms in total. The number of fused-ring (bicyclic) bond motifs is 6. The SMILES string of the molecule is COCCCOC1CCC2(C)C(C1)C(=O)C=C1C2CCC2(C)C(C(C)(O)C(O)C3OC4C(C5C=CC4(O)NC5C(=O)N4CC4)C3CO)CCC12O. The van der Waals surface area contributed by atoms with Crippen molar-refractivity contribution >= 4 is 11.7 Å². The fraction of sp³-hybridized carbons (Fsp3) is 0.846. The number of hydrogen-bond acceptors (Lipinski definition) is 11. The van der Waals surface area contributed by atoms with E-state index in [1.54, 1.807) is 31.1 Å². The number of aliphatic hydroxyl groups excluding tert-OH is 2. The van der Waals surface area contributed by atoms with Gasteiger partial charge in [-0.15, -0.1) is 0 Å². The van der Waals surface area contributed by atoms with Crippen molar-refractivity contribution in [2.45, 2.75) is 120 Å². The molecule has 0 aromatic rings. The zero-order valence-electron chi connectivity index (χ0n) is 30.5. The van der Waals surface area contributed by atoms with Gasteiger partial charge in [-0.2, -0.15) is 0 Å². The number of hydrogen-bond donors (Lipinski definition) is 6. The number of amides is 1. The lowest BCUT2D eigenvalue weighted by Crippen LogP contribution is -2.71. The molecular formula is C39H58N2O10. The highest BCUT2D eigenvalue weighted by Crippen LogP contribution is 2.69. The van der Waals surface area contributed by atoms with Crippen LogP contribution in [0.2, 0.25) is 0 Å². The molecule has 9 rings (SSSR count). The number of methoxy groups -OCH3 is 1. The molecule has 51 heavy (non-hydrogen) atoms. The summed E-state index contributed by atoms with van der Waals surface area (Å²) in [4.78, 5) is 28.8. The van der Waals surface area contributed by atoms with Gasteiger partial charge >= 0.3 is 0 Å². The van der Waals surface area contributed by atoms with Crippen molar-refractivity contribution in [1.82, 2.24) is 10.2 Å². The fourth-order valence-electron chi connectivity index (χ4n) is 12.6. The van der Waals surface area contributed by atoms with Crippen molar-refractivity contribution in [2.75, 3.05) is 40.0 Å². The Hall–Kier alpha value is -1.74. The van der Waals surface area contributed by atoms with Crippen LogP contribution in [0.25, 0.3) is 0 Å². The fourth-order valence-corrected chi connectivity index (χ4v) is 12.6. The summed E-state index contributed by atoms with van der Waals surface area (Å²) in [7, 11) is 1.68. The maximum atomic E-state index is 13.9. The zero-order valence-corrected chi connectivity index (χ0v) is 30.5. The predicted molar refractivity (Wildman–Crippen MR) is 184 cm³/mol. The van der Waals surface area contributed by atoms with Crippen LogP contribution < -0.4 is 5.32 Å². The molecule has 4 heterocycles. The molecule has 16 unspecified atom stereocenters. The van der Waals surface area contributed by atoms with E-state index in [9.17, 15) is 35.1 Å². The van der Waals surface area contributed by atoms with Crippen LogP contribution in [0, 0.1) is 46.3 Å². The monoisotopic (exact) mass is 714 g/mol. The molecule has 1 amide bonds. The molecule has 6 N–H and O–H groups in total. The molecule has 4 aliphatic heterocycles. The standard InChI is InChI=1S/C39H58N2O10/c1-35-10-6-21(50-17-5-16-49-4)18-26(35)27(43)19-25-24(35)8-11-36(2)28(9-12-38(25,36)47)37(3,46)32(44)31-23(20-42)29-22-7-13-39(48,33(29)51-31)40-30(22)34(45)41-14-15-41/h7,13,19,21-24,26,28-33,40,42,44,46-48H,5-6,8-12,14-18,20H2,1-4H3. The number of ketones is 1. The van der Waals surface area contributed by atoms with E-state index in [0.717, 1.165) is 31.3 Å². The summed E-state index contributed by atoms with van der Waals surface area (Å²) in [5.74, 6) is -2.23. The second kappa shape index (κ2) is 12.4. The average Bonchev–Trinajstić information content (AvgIpc) is 3.80. The van der Waals surface area contributed by atoms with E-state index in [1.165, 1.54) is 0 Å². The molecule has 0 aromatic carbocycles. The van der Waals surface area contributed by atoms with Crippen molar-refractivity contribution < 1.29 is 49.3 Å². The van der Waals surface area contributed by atoms with Gasteiger partial charge < -0.3 is 44.6 Å². The summed E-state index contributed by atoms with van der Waals surface area (Å²) in [6.45, 7) is 8.04. The quantitative estimate of drug-likeness (QED) is 0.108. The number of ether oxygens (including phenoxy) is 3. The van der Waals surface area contributed by atoms with Crippen molar-refractivity contribution in [1.29, 1.82) is 0 Å². The topological polar surface area (TPSA) is 178 Å². The van der Waals surface area contributed by atoms with Crippen LogP contribution in [0.3, 0.4) is 0 Å². The highest BCUT2D eigenvalue weighted by molar-refractivity contribution is 5.95. The Morgan fingerprint density at radius 1 is 1.14 bits per heavy atom. The van der Waals surface area contributed by atoms with Gasteiger partial charge in [0.05, 0.1) is 29.5 Å². The summed E-state index contributed by atoms with van der Waals surface area (Å²) < 4.78 is 17.8. The van der Waals surface area contributed by atoms with Gasteiger partial charge in [-0.05, 0) is 93.3 Å². The van der Waals surface area contributed by atoms with Gasteiger partial charge in [0.1, 0.15) is 12.2 Å². The van der Waals surface area contributed by atoms with Crippen molar-refractivity contribution in [3.8, 4) is 0 Å². The molecule has 0 aromatic heterocycles. The highest BCUT2D eigenvalue weighted by atomic mass is 16.5. The Morgan fingerprint density at radius 2 is 1.90 bits per heavy atom. The number of piperidine rings is 1. The van der Waals surface area contributed by atoms with Crippen molar-refractivity contribution in [3.05, 3.63) is 23.8 Å². The molecule has 16 atom stereocenters. The van der Waals surface area contributed by atoms with E-state index in [-0.39, 0.29) is 47.6 Å². The van der Waals surface area contributed by atoms with Crippen LogP contribution >= 0.6 is 0 Å². The minimum absolute atomic E-state index is 0.0254. The van der Waals surface area contributed by atoms with Crippen LogP contribution in [0.5, 0.6) is 0 Å². The second-order valence-electron chi connectivity index (χ2n) is 18.0. The lowest BCUT2D eigenvalue weighted by atomic mass is 9.46. The molecule has 2 bridgehead atoms. The van der Waals surface area contributed by atoms with Crippen LogP contribution in [0.15, 0.2) is 23.8 Å². The molecule has 284 valence electrons. The van der Waals surface area contributed by atoms with E-state index < -0.39 is 64.4 Å². The maximum absolute atomic E-state index is 13.9. The van der Waals surface area contributed by atoms with Crippen LogP contribution in [-0.2, 0) is 23.8 Å². The van der Waals surface area contributed by atoms with Gasteiger partial charge in [0.15, 0.2) is 11.5 Å². The minimum atomic E-state index is -1.75. The van der Waals surface area contributed by atoms with E-state index in [1.807, 2.05) is 13.0 Å². The molecule has 5 aliphatic carbocycles. The number of rotatable bonds is 10. The minimum Gasteiger partial charge on any atom is -0.396 e. The summed E-state index contributed by atoms with van der Waals surface area (Å²) in [5, 5.41) is 62.9. The van der Waals surface area contributed by atoms with Gasteiger partial charge in [0.25, 0.3) is 0 Å². The summed E-state index contributed by atoms with van der Waals surface area (Å²) >= 11 is 0. The van der Waals surface area contributed by atoms with Crippen LogP contribution in [0.1, 0.15) is 72.1 Å². The van der Waals surface area contributed by atoms with Crippen molar-refractivity contribution in [3.63, 3.8) is 0 Å². The Balaban J connectivity index is 1.03. The Bertz CT molecular complexity index is 1480. The molecule has 0 radical (unpaired) electrons. The molecular weight excluding hydrogens is 656 g/mol. The molecule has 0 spiro atoms. The first kappa shape index (κ1) is 36.2. The lowest BCUT2D eigenvalue weighted by molar-refractivity contribution is -0.209. The Morgan fingerprint density at radius 3 is 2.61 bits per heavy atom. The average molecular weight is 715 g/mol. The number of carbonyl (C=O) groups excluding carboxylic acids is 2. The van der Waals surface area contributed by atoms with Gasteiger partial charge in [-0.25, -0.2) is 0 Å². The van der Waals surface area contributed by atoms with Gasteiger partial charge in [0, 0.05) is 69.1 Å². The first-order valence-electron chi connectivity index (χ1n) is 19.4. The Kier molecular flexibility index (Phi) is 8.81. The third kappa shape index (κ3) is 5.18. The van der Waals surface area contributed by atoms with Crippen LogP contribution in [-0.4, -0.2) is 130 Å². The number of nitrogens with zero attached hydrogens (tertiary/aromatic N) is 1. The number of carbonyl (C=O) groups is 2. The van der Waals surface area contributed by atoms with Gasteiger partial charge in [-0.1, -0.05) is 19.9 Å². The molecule has 9 aliphatic rings. The smallest absolute Gasteiger partial charge is 0.240 e. The van der Waals surface area contributed by atoms with Crippen molar-refractivity contribution in [2.24, 2.45) is 46.3 Å². The number of nitrogens with one attached hydrogen (secondary N) is 1. The first-order chi connectivity index (χ1) is 24.1. The first-order valence-corrected chi connectivity index (χ1v) is 19.4. The molecule has 12 heteroatoms. The third-order valence-corrected chi connectivity index (χ3v) is 15.5. The maximum Gasteiger partial charge on any atom is 0.240 e. The van der Waals surface area contributed by atoms with E-state index in [4.69, 9.17) is 14.2 Å². The third-order valence-electron chi connectivity index (χ3n) is 15.5. The largest absolute Gasteiger partial charge is 0.396 e. The van der Waals surface area contributed by atoms with Crippen LogP contribution in [0.4, 0.5) is 0 Å². The second-order valence-corrected chi connectivity index (χ2v) is 18.0. The lowest BCUT2D eigenvalue weighted by Gasteiger charge is -2.60. The zero-order chi connectivity index (χ0) is 36.3. The summed E-state index contributed by atoms with van der Waals surface area (Å²) in [6.07, 6.45) is 7.19. The van der Waals surface area contributed by atoms with Gasteiger partial charge in [0.2, 0.25) is 5.91 Å². The normalized spacial score (nSPS) is 49.8. The summed E-state index contributed by atoms with van der Waals surface area (Å²) in [6, 6.07) is -0.673. The van der Waals surface area contributed by atoms with Gasteiger partial charge in [-0.3, -0.25) is 14.9 Å². The van der Waals surface area contributed by atoms with E-state index in [2.05, 4.69) is 12.2 Å². The summed E-state index contributed by atoms with van der Waals surface area (Å²) in [5.41, 5.74) is -5.12. The Labute approximate surface area is 300 Å². The predicted octanol–water partition coefficient (Wildman–Crippen LogP) is 1.07. The molecule has 3 saturated carbocycles. The molecule has 3 saturated heterocycles. The number of aliphatic hydroxyl groups is 5. The highest BCUT2D eigenvalue weighted by Gasteiger charge is 2.71. The van der Waals surface area contributed by atoms with E-state index in [0.29, 0.717) is 52.0 Å². The van der Waals surface area contributed by atoms with E-state index >= 15 is 0 Å².